The Balaban J connectivity index is 3.30. The lowest BCUT2D eigenvalue weighted by Gasteiger charge is -2.04. The maximum atomic E-state index is 11.1. The van der Waals surface area contributed by atoms with Crippen LogP contribution in [0.2, 0.25) is 0 Å². The number of benzene rings is 1. The second-order valence-electron chi connectivity index (χ2n) is 3.09. The van der Waals surface area contributed by atoms with Crippen molar-refractivity contribution in [2.24, 2.45) is 0 Å². The molecule has 0 unspecified atom stereocenters. The van der Waals surface area contributed by atoms with Gasteiger partial charge in [-0.05, 0) is 27.6 Å². The van der Waals surface area contributed by atoms with Gasteiger partial charge in [0.2, 0.25) is 0 Å². The Kier molecular flexibility index (Phi) is 4.17. The molecule has 0 aliphatic heterocycles. The van der Waals surface area contributed by atoms with Crippen molar-refractivity contribution in [2.45, 2.75) is 6.42 Å². The summed E-state index contributed by atoms with van der Waals surface area (Å²) in [7, 11) is 1.22. The first kappa shape index (κ1) is 13.1. The number of carbonyl (C=O) groups is 1. The molecule has 1 aromatic rings. The number of carbonyl (C=O) groups excluding carboxylic acids is 1. The van der Waals surface area contributed by atoms with Crippen molar-refractivity contribution in [2.75, 3.05) is 7.11 Å². The molecule has 1 aromatic carbocycles. The Morgan fingerprint density at radius 2 is 2.29 bits per heavy atom. The van der Waals surface area contributed by atoms with Crippen molar-refractivity contribution >= 4 is 27.6 Å². The van der Waals surface area contributed by atoms with E-state index in [1.165, 1.54) is 13.2 Å². The molecule has 6 nitrogen and oxygen atoms in total. The summed E-state index contributed by atoms with van der Waals surface area (Å²) in [5.74, 6) is -0.532. The van der Waals surface area contributed by atoms with Crippen LogP contribution in [0.4, 0.5) is 5.69 Å². The number of nitro groups is 1. The second-order valence-corrected chi connectivity index (χ2v) is 3.88. The van der Waals surface area contributed by atoms with Crippen LogP contribution in [0, 0.1) is 21.4 Å². The van der Waals surface area contributed by atoms with E-state index in [1.54, 1.807) is 6.07 Å². The zero-order valence-electron chi connectivity index (χ0n) is 8.77. The zero-order chi connectivity index (χ0) is 13.0. The normalized spacial score (nSPS) is 9.47. The number of hydrogen-bond donors (Lipinski definition) is 0. The average Bonchev–Trinajstić information content (AvgIpc) is 2.31. The molecule has 0 saturated heterocycles. The van der Waals surface area contributed by atoms with Gasteiger partial charge in [0.15, 0.2) is 0 Å². The molecular weight excluding hydrogens is 292 g/mol. The van der Waals surface area contributed by atoms with Crippen LogP contribution >= 0.6 is 15.9 Å². The van der Waals surface area contributed by atoms with Crippen LogP contribution in [0.1, 0.15) is 11.1 Å². The predicted octanol–water partition coefficient (Wildman–Crippen LogP) is 1.94. The van der Waals surface area contributed by atoms with E-state index in [9.17, 15) is 14.9 Å². The fourth-order valence-electron chi connectivity index (χ4n) is 1.22. The van der Waals surface area contributed by atoms with E-state index in [2.05, 4.69) is 20.7 Å². The molecule has 17 heavy (non-hydrogen) atoms. The lowest BCUT2D eigenvalue weighted by Crippen LogP contribution is -2.06. The van der Waals surface area contributed by atoms with Gasteiger partial charge < -0.3 is 4.74 Å². The van der Waals surface area contributed by atoms with Gasteiger partial charge in [0, 0.05) is 6.07 Å². The number of ether oxygens (including phenoxy) is 1. The first-order chi connectivity index (χ1) is 7.99. The van der Waals surface area contributed by atoms with Crippen molar-refractivity contribution < 1.29 is 14.5 Å². The monoisotopic (exact) mass is 298 g/mol. The molecule has 0 N–H and O–H groups in total. The maximum Gasteiger partial charge on any atom is 0.310 e. The Morgan fingerprint density at radius 3 is 2.76 bits per heavy atom. The van der Waals surface area contributed by atoms with Gasteiger partial charge in [-0.3, -0.25) is 14.9 Å². The molecule has 88 valence electrons. The third-order valence-electron chi connectivity index (χ3n) is 2.02. The first-order valence-corrected chi connectivity index (χ1v) is 5.22. The summed E-state index contributed by atoms with van der Waals surface area (Å²) in [6.07, 6.45) is -0.132. The number of esters is 1. The van der Waals surface area contributed by atoms with Crippen LogP contribution in [0.15, 0.2) is 16.6 Å². The zero-order valence-corrected chi connectivity index (χ0v) is 10.4. The molecule has 0 bridgehead atoms. The highest BCUT2D eigenvalue weighted by Gasteiger charge is 2.19. The summed E-state index contributed by atoms with van der Waals surface area (Å²) in [6, 6.07) is 4.36. The molecule has 0 spiro atoms. The number of nitriles is 1. The molecule has 0 aliphatic rings. The Morgan fingerprint density at radius 1 is 1.65 bits per heavy atom. The minimum atomic E-state index is -0.619. The summed E-state index contributed by atoms with van der Waals surface area (Å²) in [6.45, 7) is 0. The highest BCUT2D eigenvalue weighted by atomic mass is 79.9. The number of nitrogens with zero attached hydrogens (tertiary/aromatic N) is 2. The van der Waals surface area contributed by atoms with Crippen LogP contribution in [0.25, 0.3) is 0 Å². The molecule has 0 amide bonds. The average molecular weight is 299 g/mol. The van der Waals surface area contributed by atoms with Gasteiger partial charge in [-0.1, -0.05) is 0 Å². The van der Waals surface area contributed by atoms with Gasteiger partial charge in [0.25, 0.3) is 5.69 Å². The van der Waals surface area contributed by atoms with E-state index < -0.39 is 10.9 Å². The molecule has 0 aliphatic carbocycles. The number of halogens is 1. The largest absolute Gasteiger partial charge is 0.469 e. The molecule has 1 rings (SSSR count). The fraction of sp³-hybridized carbons (Fsp3) is 0.200. The van der Waals surface area contributed by atoms with Crippen LogP contribution in [0.5, 0.6) is 0 Å². The minimum absolute atomic E-state index is 0.124. The van der Waals surface area contributed by atoms with E-state index in [-0.39, 0.29) is 22.1 Å². The third kappa shape index (κ3) is 3.01. The van der Waals surface area contributed by atoms with Gasteiger partial charge in [-0.2, -0.15) is 5.26 Å². The summed E-state index contributed by atoms with van der Waals surface area (Å²) < 4.78 is 4.66. The van der Waals surface area contributed by atoms with Gasteiger partial charge in [-0.15, -0.1) is 0 Å². The SMILES string of the molecule is COC(=O)Cc1cc(C#N)cc([N+](=O)[O-])c1Br. The van der Waals surface area contributed by atoms with Crippen molar-refractivity contribution in [1.82, 2.24) is 0 Å². The molecule has 0 radical (unpaired) electrons. The number of hydrogen-bond acceptors (Lipinski definition) is 5. The fourth-order valence-corrected chi connectivity index (χ4v) is 1.74. The smallest absolute Gasteiger partial charge is 0.310 e. The van der Waals surface area contributed by atoms with Crippen LogP contribution < -0.4 is 0 Å². The number of methoxy groups -OCH3 is 1. The molecule has 0 atom stereocenters. The standard InChI is InChI=1S/C10H7BrN2O4/c1-17-9(14)4-7-2-6(5-12)3-8(10(7)11)13(15)16/h2-3H,4H2,1H3. The van der Waals surface area contributed by atoms with Crippen molar-refractivity contribution in [3.63, 3.8) is 0 Å². The lowest BCUT2D eigenvalue weighted by atomic mass is 10.1. The molecule has 0 heterocycles. The van der Waals surface area contributed by atoms with E-state index in [0.717, 1.165) is 6.07 Å². The van der Waals surface area contributed by atoms with E-state index in [0.29, 0.717) is 5.56 Å². The minimum Gasteiger partial charge on any atom is -0.469 e. The lowest BCUT2D eigenvalue weighted by molar-refractivity contribution is -0.385. The van der Waals surface area contributed by atoms with Crippen LogP contribution in [0.3, 0.4) is 0 Å². The quantitative estimate of drug-likeness (QED) is 0.483. The molecule has 0 saturated carbocycles. The Hall–Kier alpha value is -1.94. The van der Waals surface area contributed by atoms with Crippen LogP contribution in [-0.2, 0) is 16.0 Å². The van der Waals surface area contributed by atoms with E-state index in [1.807, 2.05) is 0 Å². The van der Waals surface area contributed by atoms with Crippen molar-refractivity contribution in [3.05, 3.63) is 37.8 Å². The third-order valence-corrected chi connectivity index (χ3v) is 2.93. The summed E-state index contributed by atoms with van der Waals surface area (Å²) in [5.41, 5.74) is 0.226. The van der Waals surface area contributed by atoms with Gasteiger partial charge in [0.05, 0.1) is 34.6 Å². The van der Waals surface area contributed by atoms with Gasteiger partial charge in [0.1, 0.15) is 0 Å². The van der Waals surface area contributed by atoms with Crippen LogP contribution in [-0.4, -0.2) is 18.0 Å². The summed E-state index contributed by atoms with van der Waals surface area (Å²) in [5, 5.41) is 19.5. The summed E-state index contributed by atoms with van der Waals surface area (Å²) >= 11 is 3.04. The molecular formula is C10H7BrN2O4. The molecule has 0 fully saturated rings. The number of nitro benzene ring substituents is 1. The topological polar surface area (TPSA) is 93.2 Å². The van der Waals surface area contributed by atoms with Crippen molar-refractivity contribution in [1.29, 1.82) is 5.26 Å². The Bertz CT molecular complexity index is 522. The van der Waals surface area contributed by atoms with E-state index in [4.69, 9.17) is 5.26 Å². The second kappa shape index (κ2) is 5.41. The van der Waals surface area contributed by atoms with Crippen molar-refractivity contribution in [3.8, 4) is 6.07 Å². The molecule has 0 aromatic heterocycles. The summed E-state index contributed by atoms with van der Waals surface area (Å²) in [4.78, 5) is 21.2. The maximum absolute atomic E-state index is 11.1. The predicted molar refractivity (Wildman–Crippen MR) is 61.2 cm³/mol. The van der Waals surface area contributed by atoms with E-state index >= 15 is 0 Å². The highest BCUT2D eigenvalue weighted by molar-refractivity contribution is 9.10. The molecule has 7 heteroatoms. The highest BCUT2D eigenvalue weighted by Crippen LogP contribution is 2.30. The Labute approximate surface area is 105 Å². The first-order valence-electron chi connectivity index (χ1n) is 4.43. The van der Waals surface area contributed by atoms with Gasteiger partial charge >= 0.3 is 5.97 Å². The van der Waals surface area contributed by atoms with Gasteiger partial charge in [-0.25, -0.2) is 0 Å². The number of rotatable bonds is 3.